The number of amides is 1. The maximum Gasteiger partial charge on any atom is 0.255 e. The number of benzene rings is 1. The van der Waals surface area contributed by atoms with Gasteiger partial charge < -0.3 is 9.73 Å². The van der Waals surface area contributed by atoms with Gasteiger partial charge in [-0.3, -0.25) is 9.10 Å². The Labute approximate surface area is 211 Å². The van der Waals surface area contributed by atoms with E-state index in [4.69, 9.17) is 4.42 Å². The summed E-state index contributed by atoms with van der Waals surface area (Å²) in [6.45, 7) is 3.78. The first-order valence-electron chi connectivity index (χ1n) is 11.8. The molecule has 1 saturated heterocycles. The summed E-state index contributed by atoms with van der Waals surface area (Å²) in [5, 5.41) is 2.70. The molecule has 1 aliphatic heterocycles. The molecule has 3 aromatic rings. The Kier molecular flexibility index (Phi) is 7.16. The quantitative estimate of drug-likeness (QED) is 0.469. The molecule has 0 bridgehead atoms. The summed E-state index contributed by atoms with van der Waals surface area (Å²) in [7, 11) is -5.28. The number of anilines is 1. The maximum absolute atomic E-state index is 12.8. The van der Waals surface area contributed by atoms with Gasteiger partial charge in [0.1, 0.15) is 11.6 Å². The number of carbonyl (C=O) groups excluding carboxylic acids is 1. The molecule has 0 radical (unpaired) electrons. The molecule has 0 spiro atoms. The van der Waals surface area contributed by atoms with E-state index in [2.05, 4.69) is 10.3 Å². The van der Waals surface area contributed by atoms with Crippen molar-refractivity contribution in [2.24, 2.45) is 0 Å². The molecular weight excluding hydrogens is 502 g/mol. The van der Waals surface area contributed by atoms with Crippen LogP contribution in [0, 0.1) is 13.8 Å². The fourth-order valence-corrected chi connectivity index (χ4v) is 7.61. The van der Waals surface area contributed by atoms with Gasteiger partial charge in [-0.05, 0) is 51.2 Å². The zero-order valence-corrected chi connectivity index (χ0v) is 22.5. The number of sulfone groups is 1. The first-order valence-corrected chi connectivity index (χ1v) is 15.4. The van der Waals surface area contributed by atoms with Gasteiger partial charge in [0.05, 0.1) is 28.2 Å². The van der Waals surface area contributed by atoms with Crippen molar-refractivity contribution >= 4 is 42.7 Å². The third-order valence-corrected chi connectivity index (χ3v) is 10.1. The zero-order chi connectivity index (χ0) is 26.3. The molecule has 194 valence electrons. The van der Waals surface area contributed by atoms with Crippen LogP contribution in [0.5, 0.6) is 0 Å². The van der Waals surface area contributed by atoms with Crippen LogP contribution in [0.2, 0.25) is 0 Å². The van der Waals surface area contributed by atoms with Crippen molar-refractivity contribution in [3.63, 3.8) is 0 Å². The highest BCUT2D eigenvalue weighted by atomic mass is 32.2. The highest BCUT2D eigenvalue weighted by molar-refractivity contribution is 7.92. The van der Waals surface area contributed by atoms with Gasteiger partial charge in [0.25, 0.3) is 5.91 Å². The van der Waals surface area contributed by atoms with Crippen molar-refractivity contribution in [3.8, 4) is 11.3 Å². The van der Waals surface area contributed by atoms with Crippen molar-refractivity contribution in [2.45, 2.75) is 44.8 Å². The van der Waals surface area contributed by atoms with Crippen LogP contribution in [-0.4, -0.2) is 58.6 Å². The van der Waals surface area contributed by atoms with Gasteiger partial charge in [-0.25, -0.2) is 16.8 Å². The van der Waals surface area contributed by atoms with Crippen LogP contribution >= 0.6 is 0 Å². The minimum Gasteiger partial charge on any atom is -0.437 e. The fourth-order valence-electron chi connectivity index (χ4n) is 4.70. The SMILES string of the molecule is CNC(=O)c1c(-c2ccc(C)cc2)oc2nc(N(CCCC3CCCS3(=O)=O)S(C)(=O)=O)c(C)cc12. The Bertz CT molecular complexity index is 1510. The van der Waals surface area contributed by atoms with Crippen molar-refractivity contribution in [2.75, 3.05) is 29.9 Å². The number of hydrogen-bond donors (Lipinski definition) is 1. The van der Waals surface area contributed by atoms with E-state index < -0.39 is 25.1 Å². The number of nitrogens with one attached hydrogen (secondary N) is 1. The van der Waals surface area contributed by atoms with Crippen LogP contribution in [0.25, 0.3) is 22.4 Å². The molecule has 1 N–H and O–H groups in total. The van der Waals surface area contributed by atoms with E-state index in [9.17, 15) is 21.6 Å². The minimum absolute atomic E-state index is 0.0953. The summed E-state index contributed by atoms with van der Waals surface area (Å²) >= 11 is 0. The van der Waals surface area contributed by atoms with E-state index in [1.54, 1.807) is 13.0 Å². The minimum atomic E-state index is -3.71. The zero-order valence-electron chi connectivity index (χ0n) is 20.9. The van der Waals surface area contributed by atoms with Crippen LogP contribution in [0.4, 0.5) is 5.82 Å². The van der Waals surface area contributed by atoms with Crippen molar-refractivity contribution in [1.29, 1.82) is 0 Å². The number of fused-ring (bicyclic) bond motifs is 1. The van der Waals surface area contributed by atoms with Gasteiger partial charge >= 0.3 is 0 Å². The highest BCUT2D eigenvalue weighted by Crippen LogP contribution is 2.36. The van der Waals surface area contributed by atoms with Crippen LogP contribution in [0.1, 0.15) is 47.2 Å². The van der Waals surface area contributed by atoms with Crippen molar-refractivity contribution < 1.29 is 26.0 Å². The Balaban J connectivity index is 1.74. The largest absolute Gasteiger partial charge is 0.437 e. The van der Waals surface area contributed by atoms with E-state index in [0.717, 1.165) is 11.8 Å². The van der Waals surface area contributed by atoms with E-state index >= 15 is 0 Å². The number of sulfonamides is 1. The molecule has 3 heterocycles. The molecule has 2 aromatic heterocycles. The van der Waals surface area contributed by atoms with Gasteiger partial charge in [-0.1, -0.05) is 29.8 Å². The van der Waals surface area contributed by atoms with Crippen LogP contribution < -0.4 is 9.62 Å². The molecular formula is C25H31N3O6S2. The van der Waals surface area contributed by atoms with Gasteiger partial charge in [-0.2, -0.15) is 4.98 Å². The number of carbonyl (C=O) groups is 1. The molecule has 1 fully saturated rings. The summed E-state index contributed by atoms with van der Waals surface area (Å²) in [6.07, 6.45) is 3.14. The number of furan rings is 1. The van der Waals surface area contributed by atoms with Crippen molar-refractivity contribution in [1.82, 2.24) is 10.3 Å². The molecule has 9 nitrogen and oxygen atoms in total. The predicted octanol–water partition coefficient (Wildman–Crippen LogP) is 3.59. The van der Waals surface area contributed by atoms with Gasteiger partial charge in [0.15, 0.2) is 9.84 Å². The number of rotatable bonds is 8. The third kappa shape index (κ3) is 5.12. The molecule has 11 heteroatoms. The Morgan fingerprint density at radius 2 is 1.92 bits per heavy atom. The second-order valence-electron chi connectivity index (χ2n) is 9.34. The summed E-state index contributed by atoms with van der Waals surface area (Å²) in [5.41, 5.74) is 2.80. The fraction of sp³-hybridized carbons (Fsp3) is 0.440. The van der Waals surface area contributed by atoms with Gasteiger partial charge in [-0.15, -0.1) is 0 Å². The van der Waals surface area contributed by atoms with E-state index in [0.29, 0.717) is 53.5 Å². The average Bonchev–Trinajstić information content (AvgIpc) is 3.34. The lowest BCUT2D eigenvalue weighted by molar-refractivity contribution is 0.0964. The standard InChI is InChI=1S/C25H31N3O6S2/c1-16-9-11-18(12-10-16)22-21(24(29)26-3)20-15-17(2)23(27-25(20)34-22)28(35(4,30)31)13-5-7-19-8-6-14-36(19,32)33/h9-12,15,19H,5-8,13-14H2,1-4H3,(H,26,29). The lowest BCUT2D eigenvalue weighted by Gasteiger charge is -2.23. The number of pyridine rings is 1. The second kappa shape index (κ2) is 9.85. The predicted molar refractivity (Wildman–Crippen MR) is 141 cm³/mol. The van der Waals surface area contributed by atoms with Crippen LogP contribution in [0.15, 0.2) is 34.7 Å². The lowest BCUT2D eigenvalue weighted by atomic mass is 10.0. The lowest BCUT2D eigenvalue weighted by Crippen LogP contribution is -2.33. The first kappa shape index (κ1) is 26.2. The van der Waals surface area contributed by atoms with Crippen LogP contribution in [-0.2, 0) is 19.9 Å². The number of aryl methyl sites for hydroxylation is 2. The summed E-state index contributed by atoms with van der Waals surface area (Å²) in [5.74, 6) is 0.411. The van der Waals surface area contributed by atoms with Crippen molar-refractivity contribution in [3.05, 3.63) is 47.0 Å². The van der Waals surface area contributed by atoms with E-state index in [1.165, 1.54) is 11.4 Å². The normalized spacial score (nSPS) is 17.4. The number of hydrogen-bond acceptors (Lipinski definition) is 7. The third-order valence-electron chi connectivity index (χ3n) is 6.60. The second-order valence-corrected chi connectivity index (χ2v) is 13.6. The topological polar surface area (TPSA) is 127 Å². The van der Waals surface area contributed by atoms with Crippen LogP contribution in [0.3, 0.4) is 0 Å². The summed E-state index contributed by atoms with van der Waals surface area (Å²) in [6, 6.07) is 9.25. The van der Waals surface area contributed by atoms with Gasteiger partial charge in [0, 0.05) is 19.2 Å². The molecule has 1 aliphatic rings. The molecule has 0 saturated carbocycles. The van der Waals surface area contributed by atoms with Gasteiger partial charge in [0.2, 0.25) is 15.7 Å². The molecule has 1 atom stereocenters. The Hall–Kier alpha value is -2.92. The molecule has 1 aromatic carbocycles. The molecule has 4 rings (SSSR count). The highest BCUT2D eigenvalue weighted by Gasteiger charge is 2.32. The summed E-state index contributed by atoms with van der Waals surface area (Å²) < 4.78 is 57.0. The molecule has 1 unspecified atom stereocenters. The Morgan fingerprint density at radius 1 is 1.22 bits per heavy atom. The number of nitrogens with zero attached hydrogens (tertiary/aromatic N) is 2. The Morgan fingerprint density at radius 3 is 2.50 bits per heavy atom. The number of aromatic nitrogens is 1. The molecule has 0 aliphatic carbocycles. The monoisotopic (exact) mass is 533 g/mol. The average molecular weight is 534 g/mol. The first-order chi connectivity index (χ1) is 16.9. The molecule has 1 amide bonds. The summed E-state index contributed by atoms with van der Waals surface area (Å²) in [4.78, 5) is 17.3. The van der Waals surface area contributed by atoms with E-state index in [1.807, 2.05) is 31.2 Å². The smallest absolute Gasteiger partial charge is 0.255 e. The van der Waals surface area contributed by atoms with E-state index in [-0.39, 0.29) is 29.7 Å². The molecule has 36 heavy (non-hydrogen) atoms. The maximum atomic E-state index is 12.8.